The summed E-state index contributed by atoms with van der Waals surface area (Å²) in [4.78, 5) is 17.1. The molecule has 2 aromatic rings. The number of rotatable bonds is 5. The summed E-state index contributed by atoms with van der Waals surface area (Å²) >= 11 is 0. The van der Waals surface area contributed by atoms with E-state index in [4.69, 9.17) is 9.15 Å². The number of nitrogens with zero attached hydrogens (tertiary/aromatic N) is 2. The number of benzene rings is 1. The number of ether oxygens (including phenoxy) is 1. The lowest BCUT2D eigenvalue weighted by molar-refractivity contribution is 0.0868. The van der Waals surface area contributed by atoms with Crippen molar-refractivity contribution in [3.63, 3.8) is 0 Å². The summed E-state index contributed by atoms with van der Waals surface area (Å²) in [5, 5.41) is 2.88. The molecular weight excluding hydrogens is 432 g/mol. The number of hydrogen-bond donors (Lipinski definition) is 2. The molecule has 2 amide bonds. The fourth-order valence-electron chi connectivity index (χ4n) is 5.09. The van der Waals surface area contributed by atoms with Crippen molar-refractivity contribution in [3.8, 4) is 0 Å². The Hall–Kier alpha value is -2.59. The quantitative estimate of drug-likeness (QED) is 0.709. The van der Waals surface area contributed by atoms with Crippen LogP contribution in [0.5, 0.6) is 0 Å². The number of fused-ring (bicyclic) bond motifs is 2. The van der Waals surface area contributed by atoms with E-state index in [0.717, 1.165) is 59.6 Å². The summed E-state index contributed by atoms with van der Waals surface area (Å²) in [5.74, 6) is 0.493. The van der Waals surface area contributed by atoms with Crippen molar-refractivity contribution in [1.29, 1.82) is 0 Å². The van der Waals surface area contributed by atoms with Crippen molar-refractivity contribution >= 4 is 27.9 Å². The Balaban J connectivity index is 1.41. The highest BCUT2D eigenvalue weighted by atomic mass is 32.2. The van der Waals surface area contributed by atoms with Gasteiger partial charge in [-0.2, -0.15) is 8.42 Å². The Morgan fingerprint density at radius 3 is 2.34 bits per heavy atom. The minimum absolute atomic E-state index is 0.0452. The third kappa shape index (κ3) is 3.97. The van der Waals surface area contributed by atoms with E-state index in [0.29, 0.717) is 31.8 Å². The van der Waals surface area contributed by atoms with Gasteiger partial charge in [0, 0.05) is 18.9 Å². The monoisotopic (exact) mass is 460 g/mol. The maximum absolute atomic E-state index is 13.3. The summed E-state index contributed by atoms with van der Waals surface area (Å²) < 4.78 is 40.8. The highest BCUT2D eigenvalue weighted by Crippen LogP contribution is 2.38. The normalized spacial score (nSPS) is 18.3. The second-order valence-corrected chi connectivity index (χ2v) is 10.2. The van der Waals surface area contributed by atoms with Crippen molar-refractivity contribution in [1.82, 2.24) is 9.71 Å². The molecule has 1 saturated heterocycles. The predicted molar refractivity (Wildman–Crippen MR) is 119 cm³/mol. The molecule has 1 aromatic carbocycles. The van der Waals surface area contributed by atoms with E-state index in [1.165, 1.54) is 17.3 Å². The van der Waals surface area contributed by atoms with E-state index < -0.39 is 22.3 Å². The number of urea groups is 1. The molecule has 1 aliphatic heterocycles. The molecule has 0 radical (unpaired) electrons. The van der Waals surface area contributed by atoms with Gasteiger partial charge in [-0.05, 0) is 80.5 Å². The van der Waals surface area contributed by atoms with Crippen LogP contribution < -0.4 is 14.3 Å². The van der Waals surface area contributed by atoms with Crippen LogP contribution in [-0.4, -0.2) is 38.7 Å². The van der Waals surface area contributed by atoms with Gasteiger partial charge in [0.25, 0.3) is 0 Å². The lowest BCUT2D eigenvalue weighted by atomic mass is 9.99. The van der Waals surface area contributed by atoms with Crippen LogP contribution >= 0.6 is 0 Å². The second-order valence-electron chi connectivity index (χ2n) is 8.69. The van der Waals surface area contributed by atoms with Crippen LogP contribution in [0.4, 0.5) is 16.5 Å². The van der Waals surface area contributed by atoms with Gasteiger partial charge in [-0.3, -0.25) is 0 Å². The average Bonchev–Trinajstić information content (AvgIpc) is 3.49. The van der Waals surface area contributed by atoms with Gasteiger partial charge >= 0.3 is 22.3 Å². The number of amides is 2. The first kappa shape index (κ1) is 21.3. The third-order valence-corrected chi connectivity index (χ3v) is 7.93. The van der Waals surface area contributed by atoms with Crippen LogP contribution in [0.2, 0.25) is 0 Å². The number of oxazole rings is 1. The molecule has 3 aliphatic rings. The smallest absolute Gasteiger partial charge is 0.334 e. The highest BCUT2D eigenvalue weighted by Gasteiger charge is 2.36. The number of hydrogen-bond acceptors (Lipinski definition) is 6. The van der Waals surface area contributed by atoms with Gasteiger partial charge in [0.1, 0.15) is 5.76 Å². The first-order chi connectivity index (χ1) is 15.4. The average molecular weight is 461 g/mol. The van der Waals surface area contributed by atoms with Crippen molar-refractivity contribution in [2.24, 2.45) is 0 Å². The summed E-state index contributed by atoms with van der Waals surface area (Å²) in [6, 6.07) is 1.05. The first-order valence-electron chi connectivity index (χ1n) is 11.2. The van der Waals surface area contributed by atoms with Crippen LogP contribution in [0.25, 0.3) is 0 Å². The molecule has 5 rings (SSSR count). The number of aromatic nitrogens is 1. The molecule has 0 saturated carbocycles. The molecule has 0 bridgehead atoms. The van der Waals surface area contributed by atoms with Crippen LogP contribution in [0, 0.1) is 6.92 Å². The zero-order valence-corrected chi connectivity index (χ0v) is 19.0. The maximum atomic E-state index is 13.3. The summed E-state index contributed by atoms with van der Waals surface area (Å²) in [5.41, 5.74) is 5.61. The fourth-order valence-corrected chi connectivity index (χ4v) is 6.37. The Bertz CT molecular complexity index is 1110. The van der Waals surface area contributed by atoms with Gasteiger partial charge in [0.05, 0.1) is 12.2 Å². The van der Waals surface area contributed by atoms with Crippen molar-refractivity contribution < 1.29 is 22.4 Å². The third-order valence-electron chi connectivity index (χ3n) is 6.51. The first-order valence-corrected chi connectivity index (χ1v) is 12.7. The summed E-state index contributed by atoms with van der Waals surface area (Å²) in [6.45, 7) is 2.57. The maximum Gasteiger partial charge on any atom is 0.334 e. The molecule has 0 unspecified atom stereocenters. The van der Waals surface area contributed by atoms with Crippen LogP contribution in [0.3, 0.4) is 0 Å². The van der Waals surface area contributed by atoms with Gasteiger partial charge in [0.2, 0.25) is 0 Å². The molecule has 2 heterocycles. The number of carbonyl (C=O) groups excluding carboxylic acids is 1. The van der Waals surface area contributed by atoms with Gasteiger partial charge in [-0.15, -0.1) is 0 Å². The number of aryl methyl sites for hydroxylation is 3. The molecule has 32 heavy (non-hydrogen) atoms. The molecule has 1 aromatic heterocycles. The minimum Gasteiger partial charge on any atom is -0.428 e. The Morgan fingerprint density at radius 2 is 1.75 bits per heavy atom. The van der Waals surface area contributed by atoms with E-state index in [1.54, 1.807) is 6.92 Å². The Labute approximate surface area is 187 Å². The van der Waals surface area contributed by atoms with Crippen molar-refractivity contribution in [2.45, 2.75) is 64.3 Å². The van der Waals surface area contributed by atoms with Crippen molar-refractivity contribution in [3.05, 3.63) is 40.3 Å². The van der Waals surface area contributed by atoms with Gasteiger partial charge in [-0.25, -0.2) is 18.8 Å². The summed E-state index contributed by atoms with van der Waals surface area (Å²) in [7, 11) is -4.25. The van der Waals surface area contributed by atoms with Crippen LogP contribution in [-0.2, 0) is 40.6 Å². The van der Waals surface area contributed by atoms with Crippen LogP contribution in [0.1, 0.15) is 53.7 Å². The number of anilines is 2. The van der Waals surface area contributed by atoms with Gasteiger partial charge in [0.15, 0.2) is 0 Å². The SMILES string of the molecule is Cc1cnc(N(C2CCOCC2)S(=O)(=O)NC(=O)Nc2c3c(cc4c2CCC4)CCC3)o1. The van der Waals surface area contributed by atoms with E-state index in [2.05, 4.69) is 21.1 Å². The van der Waals surface area contributed by atoms with Crippen LogP contribution in [0.15, 0.2) is 16.7 Å². The molecular formula is C22H28N4O5S. The molecule has 2 N–H and O–H groups in total. The molecule has 9 nitrogen and oxygen atoms in total. The lowest BCUT2D eigenvalue weighted by Crippen LogP contribution is -2.51. The molecule has 1 fully saturated rings. The molecule has 172 valence electrons. The number of nitrogens with one attached hydrogen (secondary N) is 2. The molecule has 2 aliphatic carbocycles. The van der Waals surface area contributed by atoms with E-state index in [-0.39, 0.29) is 6.01 Å². The fraction of sp³-hybridized carbons (Fsp3) is 0.545. The molecule has 0 atom stereocenters. The zero-order valence-electron chi connectivity index (χ0n) is 18.1. The predicted octanol–water partition coefficient (Wildman–Crippen LogP) is 3.01. The zero-order chi connectivity index (χ0) is 22.3. The molecule has 0 spiro atoms. The molecule has 10 heteroatoms. The largest absolute Gasteiger partial charge is 0.428 e. The van der Waals surface area contributed by atoms with E-state index in [1.807, 2.05) is 0 Å². The van der Waals surface area contributed by atoms with Gasteiger partial charge < -0.3 is 14.5 Å². The van der Waals surface area contributed by atoms with E-state index >= 15 is 0 Å². The lowest BCUT2D eigenvalue weighted by Gasteiger charge is -2.32. The second kappa shape index (κ2) is 8.40. The Morgan fingerprint density at radius 1 is 1.09 bits per heavy atom. The van der Waals surface area contributed by atoms with Crippen molar-refractivity contribution in [2.75, 3.05) is 22.8 Å². The highest BCUT2D eigenvalue weighted by molar-refractivity contribution is 7.91. The minimum atomic E-state index is -4.25. The van der Waals surface area contributed by atoms with Gasteiger partial charge in [-0.1, -0.05) is 6.07 Å². The standard InChI is InChI=1S/C22H28N4O5S/c1-14-13-23-22(31-14)26(17-8-10-30-11-9-17)32(28,29)25-21(27)24-20-18-6-2-4-15(18)12-16-5-3-7-19(16)20/h12-13,17H,2-11H2,1H3,(H2,24,25,27). The Kier molecular flexibility index (Phi) is 5.58. The topological polar surface area (TPSA) is 114 Å². The van der Waals surface area contributed by atoms with E-state index in [9.17, 15) is 13.2 Å². The number of carbonyl (C=O) groups is 1. The summed E-state index contributed by atoms with van der Waals surface area (Å²) in [6.07, 6.45) is 8.34.